The fourth-order valence-corrected chi connectivity index (χ4v) is 1.05. The lowest BCUT2D eigenvalue weighted by molar-refractivity contribution is 0.414. The van der Waals surface area contributed by atoms with Gasteiger partial charge in [0.15, 0.2) is 0 Å². The number of rotatable bonds is 3. The Balaban J connectivity index is 2.77. The smallest absolute Gasteiger partial charge is 0.119 e. The minimum Gasteiger partial charge on any atom is -0.497 e. The van der Waals surface area contributed by atoms with Gasteiger partial charge in [-0.1, -0.05) is 38.1 Å². The summed E-state index contributed by atoms with van der Waals surface area (Å²) >= 11 is 0. The van der Waals surface area contributed by atoms with E-state index in [2.05, 4.69) is 32.1 Å². The SMILES string of the molecule is COc1cccc(/C=C/C(C)C)c1. The molecule has 70 valence electrons. The number of allylic oxidation sites excluding steroid dienone is 1. The number of ether oxygens (including phenoxy) is 1. The molecule has 1 heteroatoms. The fourth-order valence-electron chi connectivity index (χ4n) is 1.05. The maximum absolute atomic E-state index is 5.13. The van der Waals surface area contributed by atoms with Crippen LogP contribution in [0, 0.1) is 5.92 Å². The first-order valence-corrected chi connectivity index (χ1v) is 4.54. The van der Waals surface area contributed by atoms with E-state index in [1.54, 1.807) is 7.11 Å². The normalized spacial score (nSPS) is 11.1. The molecule has 0 saturated carbocycles. The summed E-state index contributed by atoms with van der Waals surface area (Å²) in [5.41, 5.74) is 1.19. The summed E-state index contributed by atoms with van der Waals surface area (Å²) in [6.07, 6.45) is 4.29. The van der Waals surface area contributed by atoms with Crippen molar-refractivity contribution in [2.45, 2.75) is 13.8 Å². The number of hydrogen-bond donors (Lipinski definition) is 0. The second-order valence-corrected chi connectivity index (χ2v) is 3.38. The molecule has 0 radical (unpaired) electrons. The van der Waals surface area contributed by atoms with Crippen LogP contribution < -0.4 is 4.74 Å². The zero-order chi connectivity index (χ0) is 9.68. The molecule has 1 aromatic carbocycles. The van der Waals surface area contributed by atoms with Crippen molar-refractivity contribution in [1.29, 1.82) is 0 Å². The minimum absolute atomic E-state index is 0.589. The van der Waals surface area contributed by atoms with Crippen molar-refractivity contribution in [1.82, 2.24) is 0 Å². The van der Waals surface area contributed by atoms with Gasteiger partial charge in [-0.2, -0.15) is 0 Å². The molecular formula is C12H16O. The van der Waals surface area contributed by atoms with E-state index < -0.39 is 0 Å². The van der Waals surface area contributed by atoms with Gasteiger partial charge >= 0.3 is 0 Å². The van der Waals surface area contributed by atoms with Gasteiger partial charge < -0.3 is 4.74 Å². The van der Waals surface area contributed by atoms with Crippen LogP contribution in [0.15, 0.2) is 30.3 Å². The Morgan fingerprint density at radius 2 is 2.08 bits per heavy atom. The largest absolute Gasteiger partial charge is 0.497 e. The van der Waals surface area contributed by atoms with E-state index in [0.29, 0.717) is 5.92 Å². The maximum Gasteiger partial charge on any atom is 0.119 e. The summed E-state index contributed by atoms with van der Waals surface area (Å²) in [4.78, 5) is 0. The molecule has 0 unspecified atom stereocenters. The second-order valence-electron chi connectivity index (χ2n) is 3.38. The Kier molecular flexibility index (Phi) is 3.56. The predicted octanol–water partition coefficient (Wildman–Crippen LogP) is 3.36. The summed E-state index contributed by atoms with van der Waals surface area (Å²) in [6, 6.07) is 8.05. The van der Waals surface area contributed by atoms with E-state index >= 15 is 0 Å². The van der Waals surface area contributed by atoms with Crippen LogP contribution in [0.1, 0.15) is 19.4 Å². The van der Waals surface area contributed by atoms with Gasteiger partial charge in [-0.3, -0.25) is 0 Å². The lowest BCUT2D eigenvalue weighted by Crippen LogP contribution is -1.83. The first-order chi connectivity index (χ1) is 6.22. The summed E-state index contributed by atoms with van der Waals surface area (Å²) in [6.45, 7) is 4.33. The van der Waals surface area contributed by atoms with Crippen molar-refractivity contribution in [2.75, 3.05) is 7.11 Å². The highest BCUT2D eigenvalue weighted by Crippen LogP contribution is 2.14. The topological polar surface area (TPSA) is 9.23 Å². The maximum atomic E-state index is 5.13. The van der Waals surface area contributed by atoms with E-state index in [0.717, 1.165) is 5.75 Å². The summed E-state index contributed by atoms with van der Waals surface area (Å²) in [5, 5.41) is 0. The molecule has 0 atom stereocenters. The van der Waals surface area contributed by atoms with E-state index in [9.17, 15) is 0 Å². The highest BCUT2D eigenvalue weighted by Gasteiger charge is 1.91. The lowest BCUT2D eigenvalue weighted by Gasteiger charge is -2.00. The standard InChI is InChI=1S/C12H16O/c1-10(2)7-8-11-5-4-6-12(9-11)13-3/h4-10H,1-3H3/b8-7+. The Bertz CT molecular complexity index is 287. The van der Waals surface area contributed by atoms with Gasteiger partial charge in [-0.05, 0) is 23.6 Å². The average Bonchev–Trinajstić information content (AvgIpc) is 2.15. The van der Waals surface area contributed by atoms with Gasteiger partial charge in [0.2, 0.25) is 0 Å². The van der Waals surface area contributed by atoms with Crippen LogP contribution in [-0.4, -0.2) is 7.11 Å². The van der Waals surface area contributed by atoms with Gasteiger partial charge in [-0.15, -0.1) is 0 Å². The van der Waals surface area contributed by atoms with Crippen LogP contribution in [0.4, 0.5) is 0 Å². The number of benzene rings is 1. The third kappa shape index (κ3) is 3.32. The van der Waals surface area contributed by atoms with Crippen molar-refractivity contribution in [2.24, 2.45) is 5.92 Å². The minimum atomic E-state index is 0.589. The lowest BCUT2D eigenvalue weighted by atomic mass is 10.1. The molecule has 0 N–H and O–H groups in total. The van der Waals surface area contributed by atoms with Crippen LogP contribution >= 0.6 is 0 Å². The van der Waals surface area contributed by atoms with E-state index in [4.69, 9.17) is 4.74 Å². The first-order valence-electron chi connectivity index (χ1n) is 4.54. The molecule has 1 aromatic rings. The Morgan fingerprint density at radius 3 is 2.69 bits per heavy atom. The zero-order valence-corrected chi connectivity index (χ0v) is 8.45. The van der Waals surface area contributed by atoms with Crippen LogP contribution in [-0.2, 0) is 0 Å². The van der Waals surface area contributed by atoms with Gasteiger partial charge in [0.1, 0.15) is 5.75 Å². The average molecular weight is 176 g/mol. The molecule has 0 heterocycles. The van der Waals surface area contributed by atoms with Crippen molar-refractivity contribution in [3.8, 4) is 5.75 Å². The summed E-state index contributed by atoms with van der Waals surface area (Å²) in [7, 11) is 1.69. The monoisotopic (exact) mass is 176 g/mol. The van der Waals surface area contributed by atoms with Crippen LogP contribution in [0.2, 0.25) is 0 Å². The highest BCUT2D eigenvalue weighted by molar-refractivity contribution is 5.51. The zero-order valence-electron chi connectivity index (χ0n) is 8.45. The Labute approximate surface area is 80.0 Å². The molecule has 1 nitrogen and oxygen atoms in total. The van der Waals surface area contributed by atoms with Crippen molar-refractivity contribution < 1.29 is 4.74 Å². The Hall–Kier alpha value is -1.24. The van der Waals surface area contributed by atoms with Gasteiger partial charge in [0, 0.05) is 0 Å². The number of methoxy groups -OCH3 is 1. The molecule has 0 aliphatic carbocycles. The number of hydrogen-bond acceptors (Lipinski definition) is 1. The van der Waals surface area contributed by atoms with Crippen LogP contribution in [0.3, 0.4) is 0 Å². The van der Waals surface area contributed by atoms with Crippen molar-refractivity contribution in [3.05, 3.63) is 35.9 Å². The molecule has 0 fully saturated rings. The van der Waals surface area contributed by atoms with Crippen molar-refractivity contribution in [3.63, 3.8) is 0 Å². The summed E-state index contributed by atoms with van der Waals surface area (Å²) < 4.78 is 5.13. The Morgan fingerprint density at radius 1 is 1.31 bits per heavy atom. The molecule has 13 heavy (non-hydrogen) atoms. The fraction of sp³-hybridized carbons (Fsp3) is 0.333. The molecule has 0 amide bonds. The summed E-state index contributed by atoms with van der Waals surface area (Å²) in [5.74, 6) is 1.50. The molecule has 0 aromatic heterocycles. The van der Waals surface area contributed by atoms with Gasteiger partial charge in [-0.25, -0.2) is 0 Å². The van der Waals surface area contributed by atoms with E-state index in [1.807, 2.05) is 18.2 Å². The van der Waals surface area contributed by atoms with Gasteiger partial charge in [0.25, 0.3) is 0 Å². The van der Waals surface area contributed by atoms with Crippen molar-refractivity contribution >= 4 is 6.08 Å². The molecule has 1 rings (SSSR count). The molecule has 0 bridgehead atoms. The molecule has 0 aliphatic rings. The molecule has 0 spiro atoms. The quantitative estimate of drug-likeness (QED) is 0.686. The predicted molar refractivity (Wildman–Crippen MR) is 56.9 cm³/mol. The molecule has 0 aliphatic heterocycles. The molecular weight excluding hydrogens is 160 g/mol. The first kappa shape index (κ1) is 9.85. The highest BCUT2D eigenvalue weighted by atomic mass is 16.5. The van der Waals surface area contributed by atoms with Gasteiger partial charge in [0.05, 0.1) is 7.11 Å². The third-order valence-corrected chi connectivity index (χ3v) is 1.77. The van der Waals surface area contributed by atoms with Crippen LogP contribution in [0.5, 0.6) is 5.75 Å². The van der Waals surface area contributed by atoms with E-state index in [-0.39, 0.29) is 0 Å². The van der Waals surface area contributed by atoms with Crippen LogP contribution in [0.25, 0.3) is 6.08 Å². The third-order valence-electron chi connectivity index (χ3n) is 1.77. The second kappa shape index (κ2) is 4.70. The van der Waals surface area contributed by atoms with E-state index in [1.165, 1.54) is 5.56 Å². The molecule has 0 saturated heterocycles.